The number of rotatable bonds is 18. The van der Waals surface area contributed by atoms with E-state index in [0.29, 0.717) is 38.2 Å². The summed E-state index contributed by atoms with van der Waals surface area (Å²) in [5.74, 6) is -3.83. The summed E-state index contributed by atoms with van der Waals surface area (Å²) in [6, 6.07) is 6.25. The van der Waals surface area contributed by atoms with E-state index in [4.69, 9.17) is 23.8 Å². The number of methoxy groups -OCH3 is 1. The summed E-state index contributed by atoms with van der Waals surface area (Å²) >= 11 is 0. The van der Waals surface area contributed by atoms with Crippen LogP contribution in [0.15, 0.2) is 35.6 Å². The number of unbranched alkanes of at least 4 members (excludes halogenated alkanes) is 1. The highest BCUT2D eigenvalue weighted by atomic mass is 16.7. The molecule has 1 aromatic carbocycles. The molecule has 2 fully saturated rings. The van der Waals surface area contributed by atoms with Crippen LogP contribution in [0.5, 0.6) is 0 Å². The molecule has 4 N–H and O–H groups in total. The van der Waals surface area contributed by atoms with Crippen LogP contribution in [0.1, 0.15) is 98.8 Å². The predicted octanol–water partition coefficient (Wildman–Crippen LogP) is 4.02. The van der Waals surface area contributed by atoms with Crippen molar-refractivity contribution in [3.63, 3.8) is 0 Å². The summed E-state index contributed by atoms with van der Waals surface area (Å²) in [5.41, 5.74) is -0.718. The number of likely N-dealkylation sites (N-methyl/N-ethyl adjacent to an activating group) is 2. The Kier molecular flexibility index (Phi) is 20.5. The number of hydrogen-bond donors (Lipinski definition) is 4. The van der Waals surface area contributed by atoms with Crippen LogP contribution in [-0.2, 0) is 48.0 Å². The Morgan fingerprint density at radius 2 is 1.68 bits per heavy atom. The van der Waals surface area contributed by atoms with Gasteiger partial charge < -0.3 is 54.0 Å². The van der Waals surface area contributed by atoms with Gasteiger partial charge in [0.2, 0.25) is 0 Å². The van der Waals surface area contributed by atoms with Crippen LogP contribution >= 0.6 is 0 Å². The highest BCUT2D eigenvalue weighted by Gasteiger charge is 2.52. The van der Waals surface area contributed by atoms with Gasteiger partial charge in [-0.05, 0) is 92.9 Å². The number of nitro groups is 1. The molecule has 2 saturated heterocycles. The number of nitro benzene ring substituents is 1. The van der Waals surface area contributed by atoms with Crippen molar-refractivity contribution in [3.05, 3.63) is 51.8 Å². The van der Waals surface area contributed by atoms with Gasteiger partial charge in [-0.3, -0.25) is 19.6 Å². The molecule has 0 saturated carbocycles. The van der Waals surface area contributed by atoms with E-state index in [9.17, 15) is 35.3 Å². The Balaban J connectivity index is 1.53. The van der Waals surface area contributed by atoms with E-state index in [0.717, 1.165) is 30.5 Å². The van der Waals surface area contributed by atoms with Crippen molar-refractivity contribution in [3.8, 4) is 0 Å². The summed E-state index contributed by atoms with van der Waals surface area (Å²) in [6.45, 7) is 16.0. The van der Waals surface area contributed by atoms with Gasteiger partial charge in [-0.25, -0.2) is 0 Å². The Bertz CT molecular complexity index is 1850. The number of ether oxygens (including phenoxy) is 4. The Morgan fingerprint density at radius 3 is 2.30 bits per heavy atom. The number of nitrogens with zero attached hydrogens (tertiary/aromatic N) is 7. The Morgan fingerprint density at radius 1 is 1.00 bits per heavy atom. The van der Waals surface area contributed by atoms with Crippen LogP contribution in [0.25, 0.3) is 0 Å². The van der Waals surface area contributed by atoms with Crippen LogP contribution in [-0.4, -0.2) is 170 Å². The SMILES string of the molecule is CC[C@H]1OC(=O)[C@H](C)[C@@H](O)[C@H](C)[C@@H](O[C@@H]2O[C@H](C)C[C@H](N(C)CCc3cn(CCCCc4ccc([N+](=O)[O-])cc4)nn3)[C@H]2O)[C@](C)(OC)C[C@@H](C)/C(=N\OCCN(C)C)[C@H](C)[C@@H](O)[C@]1(C)O. The standard InChI is InChI=1S/C47H79N7O12/c1-13-38-47(8,59)42(57)31(4)39(49-63-25-24-51(9)10)29(2)27-46(7,62-12)43(32(5)40(55)33(6)44(58)65-38)66-45-41(56)37(26-30(3)64-45)52(11)23-21-35-28-53(50-48-35)22-15-14-16-34-17-19-36(20-18-34)54(60)61/h17-20,28-33,37-38,40-43,45,55-57,59H,13-16,21-27H2,1-12H3/b49-39+/t29-,30-,31+,32+,33-,37+,38-,40+,41-,42-,43-,45+,46-,47-/m1/s1. The highest BCUT2D eigenvalue weighted by Crippen LogP contribution is 2.39. The number of aryl methyl sites for hydroxylation is 2. The number of non-ortho nitro benzene ring substituents is 1. The number of hydrogen-bond acceptors (Lipinski definition) is 17. The second kappa shape index (κ2) is 24.6. The first-order chi connectivity index (χ1) is 31.0. The molecule has 0 amide bonds. The molecule has 374 valence electrons. The number of aliphatic hydroxyl groups excluding tert-OH is 3. The van der Waals surface area contributed by atoms with Crippen molar-refractivity contribution in [1.82, 2.24) is 24.8 Å². The van der Waals surface area contributed by atoms with E-state index in [1.165, 1.54) is 26.2 Å². The van der Waals surface area contributed by atoms with Crippen LogP contribution in [0.2, 0.25) is 0 Å². The molecule has 2 aliphatic heterocycles. The molecule has 0 aliphatic carbocycles. The van der Waals surface area contributed by atoms with Crippen molar-refractivity contribution in [1.29, 1.82) is 0 Å². The maximum absolute atomic E-state index is 13.8. The van der Waals surface area contributed by atoms with Crippen LogP contribution < -0.4 is 0 Å². The molecule has 0 spiro atoms. The third-order valence-electron chi connectivity index (χ3n) is 13.8. The van der Waals surface area contributed by atoms with Crippen molar-refractivity contribution >= 4 is 17.4 Å². The van der Waals surface area contributed by atoms with Gasteiger partial charge in [-0.2, -0.15) is 0 Å². The molecule has 0 bridgehead atoms. The van der Waals surface area contributed by atoms with Gasteiger partial charge in [-0.1, -0.05) is 50.2 Å². The van der Waals surface area contributed by atoms with Crippen molar-refractivity contribution in [2.75, 3.05) is 47.9 Å². The average molecular weight is 934 g/mol. The number of benzene rings is 1. The highest BCUT2D eigenvalue weighted by molar-refractivity contribution is 5.88. The Labute approximate surface area is 390 Å². The zero-order chi connectivity index (χ0) is 49.1. The van der Waals surface area contributed by atoms with Gasteiger partial charge in [0.25, 0.3) is 5.69 Å². The summed E-state index contributed by atoms with van der Waals surface area (Å²) in [4.78, 5) is 34.2. The average Bonchev–Trinajstić information content (AvgIpc) is 3.74. The maximum atomic E-state index is 13.8. The molecule has 66 heavy (non-hydrogen) atoms. The fourth-order valence-electron chi connectivity index (χ4n) is 9.44. The number of carbonyl (C=O) groups excluding carboxylic acids is 1. The molecule has 3 heterocycles. The number of aromatic nitrogens is 3. The minimum atomic E-state index is -1.89. The van der Waals surface area contributed by atoms with Gasteiger partial charge in [0.05, 0.1) is 52.3 Å². The van der Waals surface area contributed by atoms with E-state index in [1.807, 2.05) is 57.7 Å². The minimum Gasteiger partial charge on any atom is -0.459 e. The number of cyclic esters (lactones) is 1. The molecule has 2 aromatic rings. The lowest BCUT2D eigenvalue weighted by Gasteiger charge is -2.48. The molecule has 0 radical (unpaired) electrons. The fraction of sp³-hybridized carbons (Fsp3) is 0.787. The van der Waals surface area contributed by atoms with Gasteiger partial charge >= 0.3 is 5.97 Å². The quantitative estimate of drug-likeness (QED) is 0.0715. The largest absolute Gasteiger partial charge is 0.459 e. The van der Waals surface area contributed by atoms with E-state index < -0.39 is 82.6 Å². The molecule has 0 unspecified atom stereocenters. The summed E-state index contributed by atoms with van der Waals surface area (Å²) < 4.78 is 27.2. The summed E-state index contributed by atoms with van der Waals surface area (Å²) in [5, 5.41) is 71.9. The molecule has 14 atom stereocenters. The molecule has 19 heteroatoms. The zero-order valence-corrected chi connectivity index (χ0v) is 41.3. The lowest BCUT2D eigenvalue weighted by Crippen LogP contribution is -2.60. The van der Waals surface area contributed by atoms with Gasteiger partial charge in [0.15, 0.2) is 6.29 Å². The normalized spacial score (nSPS) is 34.6. The van der Waals surface area contributed by atoms with Gasteiger partial charge in [-0.15, -0.1) is 5.10 Å². The summed E-state index contributed by atoms with van der Waals surface area (Å²) in [7, 11) is 7.31. The van der Waals surface area contributed by atoms with Gasteiger partial charge in [0.1, 0.15) is 24.4 Å². The predicted molar refractivity (Wildman–Crippen MR) is 247 cm³/mol. The van der Waals surface area contributed by atoms with Crippen LogP contribution in [0, 0.1) is 33.8 Å². The van der Waals surface area contributed by atoms with Crippen molar-refractivity contribution in [2.45, 2.75) is 167 Å². The first-order valence-electron chi connectivity index (χ1n) is 23.5. The van der Waals surface area contributed by atoms with Gasteiger partial charge in [0, 0.05) is 75.3 Å². The summed E-state index contributed by atoms with van der Waals surface area (Å²) in [6.07, 6.45) is -1.45. The third kappa shape index (κ3) is 14.2. The molecular weight excluding hydrogens is 855 g/mol. The first-order valence-corrected chi connectivity index (χ1v) is 23.5. The molecule has 1 aromatic heterocycles. The molecule has 2 aliphatic rings. The first kappa shape index (κ1) is 54.9. The number of esters is 1. The van der Waals surface area contributed by atoms with E-state index in [-0.39, 0.29) is 37.3 Å². The molecule has 19 nitrogen and oxygen atoms in total. The van der Waals surface area contributed by atoms with Crippen LogP contribution in [0.3, 0.4) is 0 Å². The van der Waals surface area contributed by atoms with E-state index in [2.05, 4.69) is 20.4 Å². The fourth-order valence-corrected chi connectivity index (χ4v) is 9.44. The number of carbonyl (C=O) groups is 1. The smallest absolute Gasteiger partial charge is 0.311 e. The topological polar surface area (TPSA) is 237 Å². The maximum Gasteiger partial charge on any atom is 0.311 e. The van der Waals surface area contributed by atoms with Crippen LogP contribution in [0.4, 0.5) is 5.69 Å². The van der Waals surface area contributed by atoms with Crippen molar-refractivity contribution in [2.24, 2.45) is 28.8 Å². The zero-order valence-electron chi connectivity index (χ0n) is 41.3. The molecule has 4 rings (SSSR count). The van der Waals surface area contributed by atoms with Crippen molar-refractivity contribution < 1.29 is 53.9 Å². The second-order valence-electron chi connectivity index (χ2n) is 19.5. The third-order valence-corrected chi connectivity index (χ3v) is 13.8. The minimum absolute atomic E-state index is 0.0793. The number of oxime groups is 1. The van der Waals surface area contributed by atoms with E-state index in [1.54, 1.807) is 39.8 Å². The van der Waals surface area contributed by atoms with E-state index >= 15 is 0 Å². The Hall–Kier alpha value is -3.66. The number of aliphatic hydroxyl groups is 4. The lowest BCUT2D eigenvalue weighted by molar-refractivity contribution is -0.384. The molecular formula is C47H79N7O12. The monoisotopic (exact) mass is 934 g/mol. The lowest BCUT2D eigenvalue weighted by atomic mass is 9.73. The second-order valence-corrected chi connectivity index (χ2v) is 19.5.